The zero-order valence-corrected chi connectivity index (χ0v) is 16.2. The number of rotatable bonds is 17. The largest absolute Gasteiger partial charge is 0.481 e. The van der Waals surface area contributed by atoms with Crippen LogP contribution in [0.2, 0.25) is 0 Å². The van der Waals surface area contributed by atoms with E-state index in [0.717, 1.165) is 6.42 Å². The summed E-state index contributed by atoms with van der Waals surface area (Å²) in [5.41, 5.74) is 0.244. The molecule has 0 fully saturated rings. The van der Waals surface area contributed by atoms with Gasteiger partial charge in [-0.1, -0.05) is 97.8 Å². The van der Waals surface area contributed by atoms with E-state index in [1.807, 2.05) is 0 Å². The van der Waals surface area contributed by atoms with Crippen LogP contribution in [0.25, 0.3) is 0 Å². The van der Waals surface area contributed by atoms with Gasteiger partial charge in [-0.3, -0.25) is 4.79 Å². The minimum absolute atomic E-state index is 0.244. The SMILES string of the molecule is CCCCCCCCC(C)(CCCCCCCC)CCC(=O)O. The Hall–Kier alpha value is -0.530. The van der Waals surface area contributed by atoms with Crippen molar-refractivity contribution < 1.29 is 9.90 Å². The summed E-state index contributed by atoms with van der Waals surface area (Å²) in [7, 11) is 0. The van der Waals surface area contributed by atoms with E-state index in [-0.39, 0.29) is 5.41 Å². The highest BCUT2D eigenvalue weighted by atomic mass is 16.4. The molecule has 0 spiro atoms. The number of hydrogen-bond donors (Lipinski definition) is 1. The maximum absolute atomic E-state index is 10.9. The van der Waals surface area contributed by atoms with Gasteiger partial charge in [0.05, 0.1) is 0 Å². The summed E-state index contributed by atoms with van der Waals surface area (Å²) in [5.74, 6) is -0.637. The molecule has 23 heavy (non-hydrogen) atoms. The molecule has 0 heterocycles. The fourth-order valence-electron chi connectivity index (χ4n) is 3.45. The molecule has 0 saturated heterocycles. The van der Waals surface area contributed by atoms with Crippen molar-refractivity contribution in [3.05, 3.63) is 0 Å². The number of hydrogen-bond acceptors (Lipinski definition) is 1. The summed E-state index contributed by atoms with van der Waals surface area (Å²) >= 11 is 0. The Balaban J connectivity index is 4.00. The highest BCUT2D eigenvalue weighted by Crippen LogP contribution is 2.36. The fourth-order valence-corrected chi connectivity index (χ4v) is 3.45. The molecule has 138 valence electrons. The van der Waals surface area contributed by atoms with E-state index in [1.54, 1.807) is 0 Å². The Morgan fingerprint density at radius 3 is 1.48 bits per heavy atom. The highest BCUT2D eigenvalue weighted by molar-refractivity contribution is 5.66. The lowest BCUT2D eigenvalue weighted by Gasteiger charge is -2.29. The van der Waals surface area contributed by atoms with Gasteiger partial charge in [0.1, 0.15) is 0 Å². The van der Waals surface area contributed by atoms with E-state index in [4.69, 9.17) is 5.11 Å². The van der Waals surface area contributed by atoms with Gasteiger partial charge in [0.25, 0.3) is 0 Å². The van der Waals surface area contributed by atoms with Crippen molar-refractivity contribution in [3.8, 4) is 0 Å². The molecule has 0 unspecified atom stereocenters. The zero-order valence-electron chi connectivity index (χ0n) is 16.2. The van der Waals surface area contributed by atoms with Crippen molar-refractivity contribution in [2.75, 3.05) is 0 Å². The second-order valence-electron chi connectivity index (χ2n) is 7.74. The van der Waals surface area contributed by atoms with Crippen molar-refractivity contribution >= 4 is 5.97 Å². The first-order valence-corrected chi connectivity index (χ1v) is 10.3. The number of carbonyl (C=O) groups is 1. The Morgan fingerprint density at radius 1 is 0.696 bits per heavy atom. The van der Waals surface area contributed by atoms with Crippen molar-refractivity contribution in [1.82, 2.24) is 0 Å². The molecule has 1 N–H and O–H groups in total. The molecule has 0 rings (SSSR count). The van der Waals surface area contributed by atoms with Gasteiger partial charge in [0, 0.05) is 6.42 Å². The van der Waals surface area contributed by atoms with Crippen LogP contribution in [0, 0.1) is 5.41 Å². The molecule has 0 aromatic carbocycles. The van der Waals surface area contributed by atoms with Gasteiger partial charge in [0.15, 0.2) is 0 Å². The van der Waals surface area contributed by atoms with Gasteiger partial charge in [-0.2, -0.15) is 0 Å². The minimum atomic E-state index is -0.637. The summed E-state index contributed by atoms with van der Waals surface area (Å²) < 4.78 is 0. The van der Waals surface area contributed by atoms with Crippen LogP contribution in [-0.4, -0.2) is 11.1 Å². The second kappa shape index (κ2) is 15.0. The van der Waals surface area contributed by atoms with E-state index in [2.05, 4.69) is 20.8 Å². The van der Waals surface area contributed by atoms with Crippen LogP contribution in [0.1, 0.15) is 124 Å². The third-order valence-corrected chi connectivity index (χ3v) is 5.21. The first kappa shape index (κ1) is 22.5. The quantitative estimate of drug-likeness (QED) is 0.283. The van der Waals surface area contributed by atoms with Crippen LogP contribution < -0.4 is 0 Å². The molecular weight excluding hydrogens is 284 g/mol. The Kier molecular flexibility index (Phi) is 14.7. The summed E-state index contributed by atoms with van der Waals surface area (Å²) in [4.78, 5) is 10.9. The van der Waals surface area contributed by atoms with E-state index >= 15 is 0 Å². The normalized spacial score (nSPS) is 11.8. The minimum Gasteiger partial charge on any atom is -0.481 e. The highest BCUT2D eigenvalue weighted by Gasteiger charge is 2.24. The third kappa shape index (κ3) is 14.8. The lowest BCUT2D eigenvalue weighted by molar-refractivity contribution is -0.137. The molecule has 2 heteroatoms. The van der Waals surface area contributed by atoms with Crippen LogP contribution in [0.5, 0.6) is 0 Å². The number of carboxylic acid groups (broad SMARTS) is 1. The molecule has 0 saturated carbocycles. The van der Waals surface area contributed by atoms with Crippen molar-refractivity contribution in [2.45, 2.75) is 124 Å². The predicted molar refractivity (Wildman–Crippen MR) is 101 cm³/mol. The molecule has 0 aromatic rings. The lowest BCUT2D eigenvalue weighted by atomic mass is 9.76. The maximum atomic E-state index is 10.9. The average molecular weight is 327 g/mol. The molecule has 0 bridgehead atoms. The average Bonchev–Trinajstić information content (AvgIpc) is 2.52. The van der Waals surface area contributed by atoms with Gasteiger partial charge < -0.3 is 5.11 Å². The van der Waals surface area contributed by atoms with E-state index < -0.39 is 5.97 Å². The third-order valence-electron chi connectivity index (χ3n) is 5.21. The second-order valence-corrected chi connectivity index (χ2v) is 7.74. The predicted octanol–water partition coefficient (Wildman–Crippen LogP) is 7.36. The molecule has 0 aliphatic rings. The molecule has 0 aromatic heterocycles. The molecule has 0 radical (unpaired) electrons. The van der Waals surface area contributed by atoms with Crippen LogP contribution in [-0.2, 0) is 4.79 Å². The molecule has 0 amide bonds. The van der Waals surface area contributed by atoms with Crippen LogP contribution in [0.3, 0.4) is 0 Å². The molecule has 0 aliphatic carbocycles. The lowest BCUT2D eigenvalue weighted by Crippen LogP contribution is -2.18. The number of aliphatic carboxylic acids is 1. The van der Waals surface area contributed by atoms with Crippen molar-refractivity contribution in [2.24, 2.45) is 5.41 Å². The van der Waals surface area contributed by atoms with Gasteiger partial charge in [-0.15, -0.1) is 0 Å². The van der Waals surface area contributed by atoms with Gasteiger partial charge in [-0.05, 0) is 24.7 Å². The Bertz CT molecular complexity index is 257. The maximum Gasteiger partial charge on any atom is 0.303 e. The Labute approximate surface area is 145 Å². The molecular formula is C21H42O2. The molecule has 2 nitrogen and oxygen atoms in total. The Morgan fingerprint density at radius 2 is 1.09 bits per heavy atom. The summed E-state index contributed by atoms with van der Waals surface area (Å²) in [6, 6.07) is 0. The van der Waals surface area contributed by atoms with Gasteiger partial charge in [-0.25, -0.2) is 0 Å². The van der Waals surface area contributed by atoms with E-state index in [9.17, 15) is 4.79 Å². The summed E-state index contributed by atoms with van der Waals surface area (Å²) in [6.07, 6.45) is 19.5. The topological polar surface area (TPSA) is 37.3 Å². The summed E-state index contributed by atoms with van der Waals surface area (Å²) in [5, 5.41) is 9.01. The van der Waals surface area contributed by atoms with Crippen molar-refractivity contribution in [1.29, 1.82) is 0 Å². The molecule has 0 aliphatic heterocycles. The number of unbranched alkanes of at least 4 members (excludes halogenated alkanes) is 10. The van der Waals surface area contributed by atoms with E-state index in [1.165, 1.54) is 89.9 Å². The number of carboxylic acids is 1. The fraction of sp³-hybridized carbons (Fsp3) is 0.952. The van der Waals surface area contributed by atoms with Crippen LogP contribution in [0.4, 0.5) is 0 Å². The van der Waals surface area contributed by atoms with Gasteiger partial charge >= 0.3 is 5.97 Å². The van der Waals surface area contributed by atoms with Gasteiger partial charge in [0.2, 0.25) is 0 Å². The monoisotopic (exact) mass is 326 g/mol. The van der Waals surface area contributed by atoms with Crippen LogP contribution in [0.15, 0.2) is 0 Å². The van der Waals surface area contributed by atoms with E-state index in [0.29, 0.717) is 6.42 Å². The first-order valence-electron chi connectivity index (χ1n) is 10.3. The standard InChI is InChI=1S/C21H42O2/c1-4-6-8-10-12-14-17-21(3,19-16-20(22)23)18-15-13-11-9-7-5-2/h4-19H2,1-3H3,(H,22,23). The summed E-state index contributed by atoms with van der Waals surface area (Å²) in [6.45, 7) is 6.83. The van der Waals surface area contributed by atoms with Crippen molar-refractivity contribution in [3.63, 3.8) is 0 Å². The zero-order chi connectivity index (χ0) is 17.4. The molecule has 0 atom stereocenters. The smallest absolute Gasteiger partial charge is 0.303 e. The first-order chi connectivity index (χ1) is 11.0. The van der Waals surface area contributed by atoms with Crippen LogP contribution >= 0.6 is 0 Å².